The van der Waals surface area contributed by atoms with E-state index in [9.17, 15) is 8.42 Å². The SMILES string of the molecule is CNCc1ccc(S(=O)(=O)NCC(C)(C)N(C)C)c(Br)c1. The van der Waals surface area contributed by atoms with Crippen LogP contribution in [0.5, 0.6) is 0 Å². The van der Waals surface area contributed by atoms with Crippen molar-refractivity contribution in [1.82, 2.24) is 14.9 Å². The molecule has 0 saturated carbocycles. The van der Waals surface area contributed by atoms with Crippen molar-refractivity contribution < 1.29 is 8.42 Å². The molecule has 5 nitrogen and oxygen atoms in total. The van der Waals surface area contributed by atoms with Crippen LogP contribution < -0.4 is 10.0 Å². The number of hydrogen-bond donors (Lipinski definition) is 2. The maximum absolute atomic E-state index is 12.4. The van der Waals surface area contributed by atoms with E-state index in [1.165, 1.54) is 0 Å². The maximum atomic E-state index is 12.4. The van der Waals surface area contributed by atoms with Gasteiger partial charge in [-0.15, -0.1) is 0 Å². The quantitative estimate of drug-likeness (QED) is 0.760. The summed E-state index contributed by atoms with van der Waals surface area (Å²) in [7, 11) is 2.17. The van der Waals surface area contributed by atoms with Crippen LogP contribution >= 0.6 is 15.9 Å². The molecule has 0 aliphatic carbocycles. The van der Waals surface area contributed by atoms with Crippen molar-refractivity contribution in [3.05, 3.63) is 28.2 Å². The molecule has 0 fully saturated rings. The van der Waals surface area contributed by atoms with Gasteiger partial charge in [0.1, 0.15) is 0 Å². The molecule has 0 saturated heterocycles. The van der Waals surface area contributed by atoms with E-state index in [1.54, 1.807) is 6.07 Å². The first-order valence-electron chi connectivity index (χ1n) is 6.70. The fourth-order valence-corrected chi connectivity index (χ4v) is 3.91. The molecule has 7 heteroatoms. The summed E-state index contributed by atoms with van der Waals surface area (Å²) >= 11 is 3.34. The summed E-state index contributed by atoms with van der Waals surface area (Å²) < 4.78 is 28.1. The van der Waals surface area contributed by atoms with E-state index in [4.69, 9.17) is 0 Å². The van der Waals surface area contributed by atoms with Gasteiger partial charge in [-0.2, -0.15) is 0 Å². The second-order valence-electron chi connectivity index (χ2n) is 5.83. The lowest BCUT2D eigenvalue weighted by molar-refractivity contribution is 0.199. The zero-order chi connectivity index (χ0) is 16.3. The predicted molar refractivity (Wildman–Crippen MR) is 89.9 cm³/mol. The summed E-state index contributed by atoms with van der Waals surface area (Å²) in [5.74, 6) is 0. The Balaban J connectivity index is 2.93. The molecular weight excluding hydrogens is 354 g/mol. The number of rotatable bonds is 7. The zero-order valence-electron chi connectivity index (χ0n) is 13.2. The van der Waals surface area contributed by atoms with E-state index in [0.29, 0.717) is 17.6 Å². The van der Waals surface area contributed by atoms with Crippen molar-refractivity contribution in [2.75, 3.05) is 27.7 Å². The molecule has 0 aliphatic heterocycles. The van der Waals surface area contributed by atoms with Crippen LogP contribution in [0.15, 0.2) is 27.6 Å². The molecule has 0 aromatic heterocycles. The molecule has 1 aromatic rings. The smallest absolute Gasteiger partial charge is 0.241 e. The third kappa shape index (κ3) is 5.03. The van der Waals surface area contributed by atoms with Crippen molar-refractivity contribution in [3.8, 4) is 0 Å². The first-order chi connectivity index (χ1) is 9.60. The molecule has 0 aliphatic rings. The standard InChI is InChI=1S/C14H24BrN3O2S/c1-14(2,18(4)5)10-17-21(19,20)13-7-6-11(9-16-3)8-12(13)15/h6-8,16-17H,9-10H2,1-5H3. The molecule has 120 valence electrons. The fourth-order valence-electron chi connectivity index (χ4n) is 1.58. The highest BCUT2D eigenvalue weighted by Gasteiger charge is 2.25. The highest BCUT2D eigenvalue weighted by atomic mass is 79.9. The summed E-state index contributed by atoms with van der Waals surface area (Å²) in [5, 5.41) is 3.04. The minimum Gasteiger partial charge on any atom is -0.316 e. The molecule has 0 atom stereocenters. The van der Waals surface area contributed by atoms with Crippen molar-refractivity contribution in [2.24, 2.45) is 0 Å². The van der Waals surface area contributed by atoms with E-state index in [2.05, 4.69) is 26.0 Å². The Bertz CT molecular complexity index is 586. The number of sulfonamides is 1. The van der Waals surface area contributed by atoms with E-state index >= 15 is 0 Å². The van der Waals surface area contributed by atoms with E-state index in [-0.39, 0.29) is 10.4 Å². The summed E-state index contributed by atoms with van der Waals surface area (Å²) in [5.41, 5.74) is 0.767. The van der Waals surface area contributed by atoms with Gasteiger partial charge in [0.05, 0.1) is 4.90 Å². The first-order valence-corrected chi connectivity index (χ1v) is 8.98. The molecular formula is C14H24BrN3O2S. The Hall–Kier alpha value is -0.470. The monoisotopic (exact) mass is 377 g/mol. The van der Waals surface area contributed by atoms with Gasteiger partial charge in [-0.3, -0.25) is 0 Å². The second kappa shape index (κ2) is 7.19. The van der Waals surface area contributed by atoms with Gasteiger partial charge < -0.3 is 10.2 Å². The molecule has 0 bridgehead atoms. The largest absolute Gasteiger partial charge is 0.316 e. The van der Waals surface area contributed by atoms with Gasteiger partial charge in [-0.05, 0) is 68.6 Å². The van der Waals surface area contributed by atoms with Crippen LogP contribution in [-0.4, -0.2) is 46.5 Å². The van der Waals surface area contributed by atoms with Crippen LogP contribution in [0.3, 0.4) is 0 Å². The lowest BCUT2D eigenvalue weighted by Gasteiger charge is -2.32. The highest BCUT2D eigenvalue weighted by Crippen LogP contribution is 2.23. The fraction of sp³-hybridized carbons (Fsp3) is 0.571. The van der Waals surface area contributed by atoms with Crippen LogP contribution in [0.25, 0.3) is 0 Å². The van der Waals surface area contributed by atoms with Gasteiger partial charge in [0, 0.05) is 23.1 Å². The second-order valence-corrected chi connectivity index (χ2v) is 8.42. The van der Waals surface area contributed by atoms with Crippen molar-refractivity contribution in [1.29, 1.82) is 0 Å². The maximum Gasteiger partial charge on any atom is 0.241 e. The zero-order valence-corrected chi connectivity index (χ0v) is 15.6. The summed E-state index contributed by atoms with van der Waals surface area (Å²) in [6.45, 7) is 5.01. The molecule has 21 heavy (non-hydrogen) atoms. The van der Waals surface area contributed by atoms with Gasteiger partial charge in [0.25, 0.3) is 0 Å². The summed E-state index contributed by atoms with van der Waals surface area (Å²) in [4.78, 5) is 2.25. The molecule has 0 radical (unpaired) electrons. The Morgan fingerprint density at radius 3 is 2.38 bits per heavy atom. The minimum atomic E-state index is -3.53. The van der Waals surface area contributed by atoms with Gasteiger partial charge in [0.2, 0.25) is 10.0 Å². The first kappa shape index (κ1) is 18.6. The number of hydrogen-bond acceptors (Lipinski definition) is 4. The summed E-state index contributed by atoms with van der Waals surface area (Å²) in [6.07, 6.45) is 0. The Morgan fingerprint density at radius 1 is 1.29 bits per heavy atom. The van der Waals surface area contributed by atoms with E-state index < -0.39 is 10.0 Å². The number of likely N-dealkylation sites (N-methyl/N-ethyl adjacent to an activating group) is 1. The van der Waals surface area contributed by atoms with Crippen LogP contribution in [0, 0.1) is 0 Å². The number of benzene rings is 1. The van der Waals surface area contributed by atoms with Crippen LogP contribution in [0.1, 0.15) is 19.4 Å². The minimum absolute atomic E-state index is 0.258. The van der Waals surface area contributed by atoms with Gasteiger partial charge in [-0.25, -0.2) is 13.1 Å². The molecule has 1 rings (SSSR count). The molecule has 0 spiro atoms. The number of nitrogens with zero attached hydrogens (tertiary/aromatic N) is 1. The third-order valence-electron chi connectivity index (χ3n) is 3.57. The molecule has 0 unspecified atom stereocenters. The highest BCUT2D eigenvalue weighted by molar-refractivity contribution is 9.10. The Morgan fingerprint density at radius 2 is 1.90 bits per heavy atom. The van der Waals surface area contributed by atoms with Crippen molar-refractivity contribution >= 4 is 26.0 Å². The summed E-state index contributed by atoms with van der Waals surface area (Å²) in [6, 6.07) is 5.26. The number of nitrogens with one attached hydrogen (secondary N) is 2. The average Bonchev–Trinajstić information content (AvgIpc) is 2.36. The van der Waals surface area contributed by atoms with Crippen LogP contribution in [0.2, 0.25) is 0 Å². The van der Waals surface area contributed by atoms with Crippen molar-refractivity contribution in [3.63, 3.8) is 0 Å². The van der Waals surface area contributed by atoms with E-state index in [0.717, 1.165) is 5.56 Å². The van der Waals surface area contributed by atoms with Crippen LogP contribution in [-0.2, 0) is 16.6 Å². The normalized spacial score (nSPS) is 12.9. The lowest BCUT2D eigenvalue weighted by atomic mass is 10.1. The van der Waals surface area contributed by atoms with Gasteiger partial charge in [0.15, 0.2) is 0 Å². The molecule has 0 amide bonds. The van der Waals surface area contributed by atoms with Crippen molar-refractivity contribution in [2.45, 2.75) is 30.8 Å². The number of halogens is 1. The van der Waals surface area contributed by atoms with Gasteiger partial charge >= 0.3 is 0 Å². The lowest BCUT2D eigenvalue weighted by Crippen LogP contribution is -2.48. The average molecular weight is 378 g/mol. The predicted octanol–water partition coefficient (Wildman–Crippen LogP) is 1.79. The molecule has 2 N–H and O–H groups in total. The van der Waals surface area contributed by atoms with Crippen LogP contribution in [0.4, 0.5) is 0 Å². The Kier molecular flexibility index (Phi) is 6.36. The topological polar surface area (TPSA) is 61.4 Å². The van der Waals surface area contributed by atoms with Gasteiger partial charge in [-0.1, -0.05) is 6.07 Å². The Labute approximate surface area is 136 Å². The molecule has 0 heterocycles. The molecule has 1 aromatic carbocycles. The van der Waals surface area contributed by atoms with E-state index in [1.807, 2.05) is 52.0 Å². The third-order valence-corrected chi connectivity index (χ3v) is 5.95.